The number of ether oxygens (including phenoxy) is 3. The number of aliphatic hydroxyl groups is 1. The maximum absolute atomic E-state index is 10.7. The smallest absolute Gasteiger partial charge is 0.231 e. The highest BCUT2D eigenvalue weighted by Crippen LogP contribution is 2.33. The molecule has 3 aromatic rings. The standard InChI is InChI=1S/C25H26ClNO4/c1-18-2-4-19(5-3-18)13-27(14-20-6-11-24-25(12-20)31-17-30-24)15-22(28)16-29-23-9-7-21(26)8-10-23/h2-12,22,28H,13-17H2,1H3. The Morgan fingerprint density at radius 1 is 0.935 bits per heavy atom. The van der Waals surface area contributed by atoms with Crippen LogP contribution in [0.5, 0.6) is 17.2 Å². The van der Waals surface area contributed by atoms with Gasteiger partial charge in [0.15, 0.2) is 11.5 Å². The Hall–Kier alpha value is -2.73. The topological polar surface area (TPSA) is 51.2 Å². The molecule has 6 heteroatoms. The largest absolute Gasteiger partial charge is 0.491 e. The zero-order chi connectivity index (χ0) is 21.6. The molecule has 0 spiro atoms. The second-order valence-corrected chi connectivity index (χ2v) is 8.20. The molecule has 0 aliphatic carbocycles. The van der Waals surface area contributed by atoms with Gasteiger partial charge in [-0.15, -0.1) is 0 Å². The number of rotatable bonds is 9. The number of halogens is 1. The quantitative estimate of drug-likeness (QED) is 0.518. The van der Waals surface area contributed by atoms with Crippen LogP contribution in [0.4, 0.5) is 0 Å². The summed E-state index contributed by atoms with van der Waals surface area (Å²) in [6.45, 7) is 4.39. The molecular formula is C25H26ClNO4. The number of aliphatic hydroxyl groups excluding tert-OH is 1. The third-order valence-electron chi connectivity index (χ3n) is 5.09. The molecule has 0 saturated carbocycles. The third-order valence-corrected chi connectivity index (χ3v) is 5.35. The molecule has 0 amide bonds. The van der Waals surface area contributed by atoms with Crippen LogP contribution in [0.1, 0.15) is 16.7 Å². The van der Waals surface area contributed by atoms with Crippen molar-refractivity contribution in [2.24, 2.45) is 0 Å². The van der Waals surface area contributed by atoms with Gasteiger partial charge in [0.25, 0.3) is 0 Å². The minimum atomic E-state index is -0.643. The molecule has 162 valence electrons. The zero-order valence-corrected chi connectivity index (χ0v) is 18.2. The Bertz CT molecular complexity index is 991. The average Bonchev–Trinajstić information content (AvgIpc) is 3.23. The van der Waals surface area contributed by atoms with Crippen molar-refractivity contribution >= 4 is 11.6 Å². The maximum atomic E-state index is 10.7. The van der Waals surface area contributed by atoms with Gasteiger partial charge in [0.1, 0.15) is 18.5 Å². The van der Waals surface area contributed by atoms with E-state index in [9.17, 15) is 5.11 Å². The predicted octanol–water partition coefficient (Wildman–Crippen LogP) is 4.82. The molecule has 1 unspecified atom stereocenters. The summed E-state index contributed by atoms with van der Waals surface area (Å²) < 4.78 is 16.6. The molecule has 0 saturated heterocycles. The lowest BCUT2D eigenvalue weighted by Gasteiger charge is -2.25. The van der Waals surface area contributed by atoms with Gasteiger partial charge in [0, 0.05) is 24.7 Å². The van der Waals surface area contributed by atoms with Gasteiger partial charge in [-0.05, 0) is 54.4 Å². The van der Waals surface area contributed by atoms with E-state index in [1.165, 1.54) is 11.1 Å². The molecule has 4 rings (SSSR count). The van der Waals surface area contributed by atoms with Crippen molar-refractivity contribution in [2.75, 3.05) is 19.9 Å². The van der Waals surface area contributed by atoms with E-state index in [-0.39, 0.29) is 13.4 Å². The maximum Gasteiger partial charge on any atom is 0.231 e. The number of nitrogens with zero attached hydrogens (tertiary/aromatic N) is 1. The monoisotopic (exact) mass is 439 g/mol. The van der Waals surface area contributed by atoms with E-state index in [1.807, 2.05) is 18.2 Å². The fourth-order valence-electron chi connectivity index (χ4n) is 3.51. The van der Waals surface area contributed by atoms with Gasteiger partial charge in [-0.2, -0.15) is 0 Å². The molecule has 0 radical (unpaired) electrons. The Balaban J connectivity index is 1.42. The van der Waals surface area contributed by atoms with E-state index in [4.69, 9.17) is 25.8 Å². The summed E-state index contributed by atoms with van der Waals surface area (Å²) in [6, 6.07) is 21.6. The molecule has 1 atom stereocenters. The van der Waals surface area contributed by atoms with E-state index in [0.29, 0.717) is 30.4 Å². The van der Waals surface area contributed by atoms with Gasteiger partial charge >= 0.3 is 0 Å². The van der Waals surface area contributed by atoms with E-state index in [0.717, 1.165) is 17.1 Å². The van der Waals surface area contributed by atoms with Crippen LogP contribution in [0.25, 0.3) is 0 Å². The van der Waals surface area contributed by atoms with E-state index in [2.05, 4.69) is 36.1 Å². The van der Waals surface area contributed by atoms with Crippen LogP contribution in [0.15, 0.2) is 66.7 Å². The molecule has 3 aromatic carbocycles. The zero-order valence-electron chi connectivity index (χ0n) is 17.5. The highest BCUT2D eigenvalue weighted by Gasteiger charge is 2.17. The van der Waals surface area contributed by atoms with Crippen molar-refractivity contribution in [3.05, 3.63) is 88.4 Å². The SMILES string of the molecule is Cc1ccc(CN(Cc2ccc3c(c2)OCO3)CC(O)COc2ccc(Cl)cc2)cc1. The molecule has 0 aromatic heterocycles. The van der Waals surface area contributed by atoms with Crippen molar-refractivity contribution in [2.45, 2.75) is 26.1 Å². The van der Waals surface area contributed by atoms with Gasteiger partial charge in [-0.1, -0.05) is 47.5 Å². The number of benzene rings is 3. The second-order valence-electron chi connectivity index (χ2n) is 7.76. The predicted molar refractivity (Wildman–Crippen MR) is 121 cm³/mol. The van der Waals surface area contributed by atoms with Crippen molar-refractivity contribution in [3.8, 4) is 17.2 Å². The van der Waals surface area contributed by atoms with Gasteiger partial charge < -0.3 is 19.3 Å². The van der Waals surface area contributed by atoms with Crippen LogP contribution in [-0.2, 0) is 13.1 Å². The van der Waals surface area contributed by atoms with Crippen molar-refractivity contribution < 1.29 is 19.3 Å². The first-order valence-corrected chi connectivity index (χ1v) is 10.7. The Kier molecular flexibility index (Phi) is 6.97. The number of hydrogen-bond acceptors (Lipinski definition) is 5. The van der Waals surface area contributed by atoms with Gasteiger partial charge in [-0.25, -0.2) is 0 Å². The summed E-state index contributed by atoms with van der Waals surface area (Å²) in [5, 5.41) is 11.3. The minimum absolute atomic E-state index is 0.202. The lowest BCUT2D eigenvalue weighted by molar-refractivity contribution is 0.0628. The van der Waals surface area contributed by atoms with Crippen LogP contribution in [-0.4, -0.2) is 36.1 Å². The summed E-state index contributed by atoms with van der Waals surface area (Å²) in [4.78, 5) is 2.21. The summed E-state index contributed by atoms with van der Waals surface area (Å²) >= 11 is 5.91. The first-order chi connectivity index (χ1) is 15.0. The normalized spacial score (nSPS) is 13.4. The van der Waals surface area contributed by atoms with Crippen LogP contribution in [0.3, 0.4) is 0 Å². The van der Waals surface area contributed by atoms with Gasteiger partial charge in [-0.3, -0.25) is 4.90 Å². The molecule has 1 heterocycles. The van der Waals surface area contributed by atoms with Crippen LogP contribution in [0.2, 0.25) is 5.02 Å². The molecular weight excluding hydrogens is 414 g/mol. The van der Waals surface area contributed by atoms with E-state index >= 15 is 0 Å². The molecule has 31 heavy (non-hydrogen) atoms. The lowest BCUT2D eigenvalue weighted by Crippen LogP contribution is -2.35. The summed E-state index contributed by atoms with van der Waals surface area (Å²) in [5.41, 5.74) is 3.52. The van der Waals surface area contributed by atoms with E-state index in [1.54, 1.807) is 24.3 Å². The van der Waals surface area contributed by atoms with Crippen LogP contribution in [0, 0.1) is 6.92 Å². The van der Waals surface area contributed by atoms with Gasteiger partial charge in [0.05, 0.1) is 0 Å². The highest BCUT2D eigenvalue weighted by atomic mass is 35.5. The Morgan fingerprint density at radius 2 is 1.61 bits per heavy atom. The minimum Gasteiger partial charge on any atom is -0.491 e. The first kappa shape index (κ1) is 21.5. The van der Waals surface area contributed by atoms with Crippen molar-refractivity contribution in [3.63, 3.8) is 0 Å². The highest BCUT2D eigenvalue weighted by molar-refractivity contribution is 6.30. The molecule has 5 nitrogen and oxygen atoms in total. The van der Waals surface area contributed by atoms with Crippen molar-refractivity contribution in [1.29, 1.82) is 0 Å². The van der Waals surface area contributed by atoms with E-state index < -0.39 is 6.10 Å². The lowest BCUT2D eigenvalue weighted by atomic mass is 10.1. The molecule has 0 fully saturated rings. The number of hydrogen-bond donors (Lipinski definition) is 1. The summed E-state index contributed by atoms with van der Waals surface area (Å²) in [5.74, 6) is 2.22. The summed E-state index contributed by atoms with van der Waals surface area (Å²) in [6.07, 6.45) is -0.643. The Labute approximate surface area is 187 Å². The fraction of sp³-hybridized carbons (Fsp3) is 0.280. The van der Waals surface area contributed by atoms with Crippen LogP contribution < -0.4 is 14.2 Å². The van der Waals surface area contributed by atoms with Crippen molar-refractivity contribution in [1.82, 2.24) is 4.90 Å². The second kappa shape index (κ2) is 10.1. The molecule has 1 N–H and O–H groups in total. The third kappa shape index (κ3) is 6.14. The van der Waals surface area contributed by atoms with Crippen LogP contribution >= 0.6 is 11.6 Å². The Morgan fingerprint density at radius 3 is 2.39 bits per heavy atom. The van der Waals surface area contributed by atoms with Gasteiger partial charge in [0.2, 0.25) is 6.79 Å². The number of fused-ring (bicyclic) bond motifs is 1. The molecule has 1 aliphatic heterocycles. The first-order valence-electron chi connectivity index (χ1n) is 10.3. The summed E-state index contributed by atoms with van der Waals surface area (Å²) in [7, 11) is 0. The molecule has 1 aliphatic rings. The fourth-order valence-corrected chi connectivity index (χ4v) is 3.63. The molecule has 0 bridgehead atoms. The number of aryl methyl sites for hydroxylation is 1. The average molecular weight is 440 g/mol.